The fraction of sp³-hybridized carbons (Fsp3) is 0.417. The van der Waals surface area contributed by atoms with Gasteiger partial charge in [-0.2, -0.15) is 8.42 Å². The molecule has 1 fully saturated rings. The minimum atomic E-state index is -5.16. The summed E-state index contributed by atoms with van der Waals surface area (Å²) in [6.45, 7) is 2.85. The normalized spacial score (nSPS) is 15.6. The third kappa shape index (κ3) is 4.30. The third-order valence-electron chi connectivity index (χ3n) is 2.99. The monoisotopic (exact) mass is 318 g/mol. The summed E-state index contributed by atoms with van der Waals surface area (Å²) in [5.74, 6) is -0.929. The van der Waals surface area contributed by atoms with Crippen LogP contribution in [0.2, 0.25) is 0 Å². The number of carbonyl (C=O) groups is 1. The van der Waals surface area contributed by atoms with Gasteiger partial charge in [0, 0.05) is 37.9 Å². The largest absolute Gasteiger partial charge is 0.488 e. The maximum atomic E-state index is 12.7. The number of hydrogen-bond acceptors (Lipinski definition) is 7. The molecular weight excluding hydrogens is 303 g/mol. The van der Waals surface area contributed by atoms with E-state index in [9.17, 15) is 17.1 Å². The van der Waals surface area contributed by atoms with Gasteiger partial charge in [-0.25, -0.2) is 4.79 Å². The molecule has 0 spiro atoms. The highest BCUT2D eigenvalue weighted by Crippen LogP contribution is 2.26. The van der Waals surface area contributed by atoms with E-state index < -0.39 is 16.5 Å². The zero-order valence-corrected chi connectivity index (χ0v) is 12.2. The van der Waals surface area contributed by atoms with Crippen molar-refractivity contribution in [2.24, 2.45) is 0 Å². The first-order chi connectivity index (χ1) is 9.89. The lowest BCUT2D eigenvalue weighted by molar-refractivity contribution is 0.0600. The average molecular weight is 318 g/mol. The van der Waals surface area contributed by atoms with Crippen molar-refractivity contribution in [1.82, 2.24) is 5.32 Å². The van der Waals surface area contributed by atoms with E-state index in [-0.39, 0.29) is 11.3 Å². The number of esters is 1. The van der Waals surface area contributed by atoms with Crippen LogP contribution in [0.4, 0.5) is 9.57 Å². The molecule has 116 valence electrons. The summed E-state index contributed by atoms with van der Waals surface area (Å²) < 4.78 is 42.7. The molecule has 0 aromatic heterocycles. The number of anilines is 1. The fourth-order valence-corrected chi connectivity index (χ4v) is 2.41. The van der Waals surface area contributed by atoms with Crippen LogP contribution in [0.3, 0.4) is 0 Å². The molecule has 9 heteroatoms. The van der Waals surface area contributed by atoms with Crippen LogP contribution in [-0.4, -0.2) is 47.7 Å². The molecule has 1 aromatic rings. The molecule has 0 radical (unpaired) electrons. The molecule has 1 saturated heterocycles. The molecule has 0 amide bonds. The van der Waals surface area contributed by atoms with Crippen LogP contribution < -0.4 is 14.4 Å². The number of benzene rings is 1. The van der Waals surface area contributed by atoms with Gasteiger partial charge in [0.1, 0.15) is 5.75 Å². The van der Waals surface area contributed by atoms with Crippen molar-refractivity contribution in [3.63, 3.8) is 0 Å². The minimum absolute atomic E-state index is 0.0900. The number of ether oxygens (including phenoxy) is 1. The van der Waals surface area contributed by atoms with E-state index in [1.165, 1.54) is 13.2 Å². The van der Waals surface area contributed by atoms with Crippen LogP contribution in [0.1, 0.15) is 10.4 Å². The number of methoxy groups -OCH3 is 1. The van der Waals surface area contributed by atoms with Crippen LogP contribution in [0.15, 0.2) is 18.2 Å². The lowest BCUT2D eigenvalue weighted by Gasteiger charge is -2.29. The first kappa shape index (κ1) is 15.5. The van der Waals surface area contributed by atoms with Gasteiger partial charge in [-0.1, -0.05) is 3.89 Å². The van der Waals surface area contributed by atoms with Crippen LogP contribution >= 0.6 is 0 Å². The Morgan fingerprint density at radius 3 is 2.52 bits per heavy atom. The second-order valence-electron chi connectivity index (χ2n) is 4.42. The van der Waals surface area contributed by atoms with Gasteiger partial charge in [0.15, 0.2) is 0 Å². The van der Waals surface area contributed by atoms with Gasteiger partial charge >= 0.3 is 16.5 Å². The van der Waals surface area contributed by atoms with Gasteiger partial charge in [0.05, 0.1) is 12.7 Å². The lowest BCUT2D eigenvalue weighted by atomic mass is 10.1. The Balaban J connectivity index is 2.38. The third-order valence-corrected chi connectivity index (χ3v) is 3.38. The van der Waals surface area contributed by atoms with Crippen molar-refractivity contribution in [2.45, 2.75) is 0 Å². The van der Waals surface area contributed by atoms with E-state index in [0.717, 1.165) is 19.2 Å². The van der Waals surface area contributed by atoms with Gasteiger partial charge in [0.2, 0.25) is 0 Å². The molecule has 0 atom stereocenters. The first-order valence-corrected chi connectivity index (χ1v) is 7.53. The summed E-state index contributed by atoms with van der Waals surface area (Å²) in [5, 5.41) is 3.17. The number of rotatable bonds is 4. The zero-order valence-electron chi connectivity index (χ0n) is 11.3. The molecular formula is C12H15FN2O5S. The molecule has 0 unspecified atom stereocenters. The van der Waals surface area contributed by atoms with Gasteiger partial charge < -0.3 is 19.1 Å². The van der Waals surface area contributed by atoms with E-state index in [1.807, 2.05) is 4.90 Å². The zero-order chi connectivity index (χ0) is 15.5. The Morgan fingerprint density at radius 1 is 1.29 bits per heavy atom. The predicted molar refractivity (Wildman–Crippen MR) is 73.5 cm³/mol. The van der Waals surface area contributed by atoms with E-state index in [4.69, 9.17) is 0 Å². The van der Waals surface area contributed by atoms with Gasteiger partial charge in [-0.15, -0.1) is 0 Å². The Labute approximate surface area is 122 Å². The second kappa shape index (κ2) is 6.27. The molecule has 1 aliphatic rings. The van der Waals surface area contributed by atoms with Crippen LogP contribution in [0.25, 0.3) is 0 Å². The number of piperazine rings is 1. The van der Waals surface area contributed by atoms with Gasteiger partial charge in [-0.3, -0.25) is 0 Å². The molecule has 0 bridgehead atoms. The molecule has 1 heterocycles. The van der Waals surface area contributed by atoms with Crippen LogP contribution in [0.5, 0.6) is 5.75 Å². The fourth-order valence-electron chi connectivity index (χ4n) is 2.09. The first-order valence-electron chi connectivity index (χ1n) is 6.22. The van der Waals surface area contributed by atoms with Crippen molar-refractivity contribution < 1.29 is 26.0 Å². The van der Waals surface area contributed by atoms with Crippen LogP contribution in [-0.2, 0) is 15.2 Å². The number of nitrogens with one attached hydrogen (secondary N) is 1. The number of nitrogens with zero attached hydrogens (tertiary/aromatic N) is 1. The summed E-state index contributed by atoms with van der Waals surface area (Å²) in [4.78, 5) is 13.5. The summed E-state index contributed by atoms with van der Waals surface area (Å²) in [5.41, 5.74) is 0.658. The molecule has 7 nitrogen and oxygen atoms in total. The summed E-state index contributed by atoms with van der Waals surface area (Å²) in [7, 11) is -3.96. The van der Waals surface area contributed by atoms with E-state index in [0.29, 0.717) is 18.8 Å². The number of carbonyl (C=O) groups excluding carboxylic acids is 1. The Kier molecular flexibility index (Phi) is 4.63. The van der Waals surface area contributed by atoms with E-state index >= 15 is 0 Å². The Hall–Kier alpha value is -1.87. The van der Waals surface area contributed by atoms with Crippen molar-refractivity contribution in [3.8, 4) is 5.75 Å². The highest BCUT2D eigenvalue weighted by molar-refractivity contribution is 7.81. The Bertz CT molecular complexity index is 629. The number of halogens is 1. The van der Waals surface area contributed by atoms with Crippen molar-refractivity contribution in [1.29, 1.82) is 0 Å². The molecule has 0 aliphatic carbocycles. The standard InChI is InChI=1S/C12H15FN2O5S/c1-19-12(16)9-6-10(15-4-2-14-3-5-15)8-11(7-9)20-21(13,17)18/h6-8,14H,2-5H2,1H3. The van der Waals surface area contributed by atoms with E-state index in [2.05, 4.69) is 14.2 Å². The summed E-state index contributed by atoms with van der Waals surface area (Å²) in [6.07, 6.45) is 0. The summed E-state index contributed by atoms with van der Waals surface area (Å²) >= 11 is 0. The van der Waals surface area contributed by atoms with Crippen molar-refractivity contribution in [2.75, 3.05) is 38.2 Å². The smallest absolute Gasteiger partial charge is 0.465 e. The number of hydrogen-bond donors (Lipinski definition) is 1. The highest BCUT2D eigenvalue weighted by atomic mass is 32.3. The van der Waals surface area contributed by atoms with E-state index in [1.54, 1.807) is 6.07 Å². The maximum Gasteiger partial charge on any atom is 0.488 e. The van der Waals surface area contributed by atoms with Crippen LogP contribution in [0, 0.1) is 0 Å². The predicted octanol–water partition coefficient (Wildman–Crippen LogP) is 0.476. The molecule has 2 rings (SSSR count). The van der Waals surface area contributed by atoms with Crippen molar-refractivity contribution >= 4 is 22.2 Å². The van der Waals surface area contributed by atoms with Gasteiger partial charge in [0.25, 0.3) is 0 Å². The van der Waals surface area contributed by atoms with Gasteiger partial charge in [-0.05, 0) is 12.1 Å². The topological polar surface area (TPSA) is 84.9 Å². The second-order valence-corrected chi connectivity index (χ2v) is 5.37. The lowest BCUT2D eigenvalue weighted by Crippen LogP contribution is -2.43. The SMILES string of the molecule is COC(=O)c1cc(OS(=O)(=O)F)cc(N2CCNCC2)c1. The Morgan fingerprint density at radius 2 is 1.95 bits per heavy atom. The maximum absolute atomic E-state index is 12.7. The quantitative estimate of drug-likeness (QED) is 0.638. The molecule has 1 N–H and O–H groups in total. The molecule has 1 aliphatic heterocycles. The minimum Gasteiger partial charge on any atom is -0.465 e. The highest BCUT2D eigenvalue weighted by Gasteiger charge is 2.18. The molecule has 0 saturated carbocycles. The molecule has 21 heavy (non-hydrogen) atoms. The average Bonchev–Trinajstić information content (AvgIpc) is 2.45. The molecule has 1 aromatic carbocycles. The summed E-state index contributed by atoms with van der Waals surface area (Å²) in [6, 6.07) is 4.04. The van der Waals surface area contributed by atoms with Crippen molar-refractivity contribution in [3.05, 3.63) is 23.8 Å².